The summed E-state index contributed by atoms with van der Waals surface area (Å²) in [6.45, 7) is 0. The molecule has 90 valence electrons. The number of pyridine rings is 1. The Kier molecular flexibility index (Phi) is 2.68. The summed E-state index contributed by atoms with van der Waals surface area (Å²) < 4.78 is 0. The molecule has 1 aromatic heterocycles. The molecule has 0 fully saturated rings. The Labute approximate surface area is 106 Å². The van der Waals surface area contributed by atoms with Crippen LogP contribution in [0.15, 0.2) is 53.8 Å². The molecular weight excluding hydrogens is 224 g/mol. The van der Waals surface area contributed by atoms with Crippen LogP contribution < -0.4 is 11.2 Å². The number of nitrogens with zero attached hydrogens (tertiary/aromatic N) is 2. The van der Waals surface area contributed by atoms with Crippen LogP contribution in [0, 0.1) is 0 Å². The predicted molar refractivity (Wildman–Crippen MR) is 72.1 cm³/mol. The number of nitrogens with two attached hydrogens (primary N) is 1. The van der Waals surface area contributed by atoms with Gasteiger partial charge in [0.1, 0.15) is 0 Å². The highest BCUT2D eigenvalue weighted by Gasteiger charge is 2.22. The summed E-state index contributed by atoms with van der Waals surface area (Å²) >= 11 is 0. The number of nitrogens with one attached hydrogen (secondary N) is 1. The molecule has 1 unspecified atom stereocenters. The normalized spacial score (nSPS) is 18.2. The third kappa shape index (κ3) is 1.93. The third-order valence-corrected chi connectivity index (χ3v) is 3.08. The van der Waals surface area contributed by atoms with E-state index in [1.807, 2.05) is 42.5 Å². The SMILES string of the molecule is Nc1ccccc1C1CC(c2ccccn2)=NN1. The van der Waals surface area contributed by atoms with Crippen LogP contribution in [0.3, 0.4) is 0 Å². The molecular formula is C14H14N4. The van der Waals surface area contributed by atoms with Crippen molar-refractivity contribution in [3.63, 3.8) is 0 Å². The van der Waals surface area contributed by atoms with E-state index in [0.29, 0.717) is 0 Å². The van der Waals surface area contributed by atoms with Gasteiger partial charge < -0.3 is 11.2 Å². The lowest BCUT2D eigenvalue weighted by atomic mass is 10.00. The molecule has 0 radical (unpaired) electrons. The summed E-state index contributed by atoms with van der Waals surface area (Å²) in [6, 6.07) is 13.9. The summed E-state index contributed by atoms with van der Waals surface area (Å²) in [5.41, 5.74) is 12.9. The molecule has 0 saturated carbocycles. The molecule has 3 N–H and O–H groups in total. The van der Waals surface area contributed by atoms with E-state index < -0.39 is 0 Å². The lowest BCUT2D eigenvalue weighted by molar-refractivity contribution is 0.622. The predicted octanol–water partition coefficient (Wildman–Crippen LogP) is 2.10. The van der Waals surface area contributed by atoms with Gasteiger partial charge in [-0.05, 0) is 23.8 Å². The van der Waals surface area contributed by atoms with Gasteiger partial charge in [-0.15, -0.1) is 0 Å². The Morgan fingerprint density at radius 1 is 1.11 bits per heavy atom. The fourth-order valence-electron chi connectivity index (χ4n) is 2.14. The van der Waals surface area contributed by atoms with E-state index in [9.17, 15) is 0 Å². The van der Waals surface area contributed by atoms with Gasteiger partial charge in [0, 0.05) is 18.3 Å². The molecule has 18 heavy (non-hydrogen) atoms. The Hall–Kier alpha value is -2.36. The van der Waals surface area contributed by atoms with Gasteiger partial charge >= 0.3 is 0 Å². The second kappa shape index (κ2) is 4.49. The monoisotopic (exact) mass is 238 g/mol. The molecule has 3 rings (SSSR count). The fraction of sp³-hybridized carbons (Fsp3) is 0.143. The number of anilines is 1. The first-order chi connectivity index (χ1) is 8.84. The molecule has 2 aromatic rings. The zero-order valence-electron chi connectivity index (χ0n) is 9.88. The maximum absolute atomic E-state index is 5.98. The van der Waals surface area contributed by atoms with Crippen molar-refractivity contribution >= 4 is 11.4 Å². The molecule has 1 aromatic carbocycles. The zero-order chi connectivity index (χ0) is 12.4. The van der Waals surface area contributed by atoms with Crippen molar-refractivity contribution in [1.29, 1.82) is 0 Å². The molecule has 1 atom stereocenters. The molecule has 4 heteroatoms. The van der Waals surface area contributed by atoms with Gasteiger partial charge in [-0.25, -0.2) is 0 Å². The van der Waals surface area contributed by atoms with Gasteiger partial charge in [-0.2, -0.15) is 5.10 Å². The number of benzene rings is 1. The van der Waals surface area contributed by atoms with E-state index in [-0.39, 0.29) is 6.04 Å². The quantitative estimate of drug-likeness (QED) is 0.787. The average molecular weight is 238 g/mol. The van der Waals surface area contributed by atoms with Gasteiger partial charge in [-0.3, -0.25) is 4.98 Å². The third-order valence-electron chi connectivity index (χ3n) is 3.08. The molecule has 1 aliphatic heterocycles. The van der Waals surface area contributed by atoms with Crippen LogP contribution in [0.5, 0.6) is 0 Å². The number of hydrazone groups is 1. The summed E-state index contributed by atoms with van der Waals surface area (Å²) in [5.74, 6) is 0. The Morgan fingerprint density at radius 2 is 1.94 bits per heavy atom. The summed E-state index contributed by atoms with van der Waals surface area (Å²) in [6.07, 6.45) is 2.59. The average Bonchev–Trinajstić information content (AvgIpc) is 2.90. The molecule has 0 spiro atoms. The maximum Gasteiger partial charge on any atom is 0.0883 e. The molecule has 0 amide bonds. The molecule has 0 bridgehead atoms. The molecule has 4 nitrogen and oxygen atoms in total. The van der Waals surface area contributed by atoms with Crippen molar-refractivity contribution in [3.8, 4) is 0 Å². The molecule has 1 aliphatic rings. The largest absolute Gasteiger partial charge is 0.398 e. The number of nitrogen functional groups attached to an aromatic ring is 1. The minimum absolute atomic E-state index is 0.142. The van der Waals surface area contributed by atoms with Crippen LogP contribution in [-0.4, -0.2) is 10.7 Å². The van der Waals surface area contributed by atoms with Crippen LogP contribution in [-0.2, 0) is 0 Å². The van der Waals surface area contributed by atoms with Crippen LogP contribution in [0.2, 0.25) is 0 Å². The molecule has 0 saturated heterocycles. The number of hydrogen-bond donors (Lipinski definition) is 2. The van der Waals surface area contributed by atoms with Gasteiger partial charge in [0.2, 0.25) is 0 Å². The fourth-order valence-corrected chi connectivity index (χ4v) is 2.14. The molecule has 2 heterocycles. The van der Waals surface area contributed by atoms with Crippen molar-refractivity contribution in [2.45, 2.75) is 12.5 Å². The van der Waals surface area contributed by atoms with Crippen molar-refractivity contribution in [2.75, 3.05) is 5.73 Å². The summed E-state index contributed by atoms with van der Waals surface area (Å²) in [4.78, 5) is 4.31. The van der Waals surface area contributed by atoms with E-state index >= 15 is 0 Å². The van der Waals surface area contributed by atoms with Crippen LogP contribution >= 0.6 is 0 Å². The number of para-hydroxylation sites is 1. The number of aromatic nitrogens is 1. The van der Waals surface area contributed by atoms with Gasteiger partial charge in [-0.1, -0.05) is 24.3 Å². The van der Waals surface area contributed by atoms with Crippen molar-refractivity contribution in [3.05, 3.63) is 59.9 Å². The van der Waals surface area contributed by atoms with E-state index in [1.165, 1.54) is 0 Å². The Morgan fingerprint density at radius 3 is 2.72 bits per heavy atom. The lowest BCUT2D eigenvalue weighted by Gasteiger charge is -2.12. The number of hydrogen-bond acceptors (Lipinski definition) is 4. The van der Waals surface area contributed by atoms with Gasteiger partial charge in [0.15, 0.2) is 0 Å². The number of rotatable bonds is 2. The van der Waals surface area contributed by atoms with Gasteiger partial charge in [0.25, 0.3) is 0 Å². The van der Waals surface area contributed by atoms with Gasteiger partial charge in [0.05, 0.1) is 17.4 Å². The maximum atomic E-state index is 5.98. The first-order valence-corrected chi connectivity index (χ1v) is 5.92. The smallest absolute Gasteiger partial charge is 0.0883 e. The van der Waals surface area contributed by atoms with Crippen molar-refractivity contribution in [1.82, 2.24) is 10.4 Å². The van der Waals surface area contributed by atoms with Crippen LogP contribution in [0.25, 0.3) is 0 Å². The van der Waals surface area contributed by atoms with E-state index in [2.05, 4.69) is 15.5 Å². The second-order valence-corrected chi connectivity index (χ2v) is 4.29. The van der Waals surface area contributed by atoms with E-state index in [0.717, 1.165) is 29.1 Å². The van der Waals surface area contributed by atoms with Crippen molar-refractivity contribution in [2.24, 2.45) is 5.10 Å². The topological polar surface area (TPSA) is 63.3 Å². The zero-order valence-corrected chi connectivity index (χ0v) is 9.88. The van der Waals surface area contributed by atoms with Crippen LogP contribution in [0.4, 0.5) is 5.69 Å². The first kappa shape index (κ1) is 10.8. The summed E-state index contributed by atoms with van der Waals surface area (Å²) in [5, 5.41) is 4.35. The minimum atomic E-state index is 0.142. The van der Waals surface area contributed by atoms with E-state index in [4.69, 9.17) is 5.73 Å². The highest BCUT2D eigenvalue weighted by Crippen LogP contribution is 2.27. The standard InChI is InChI=1S/C14H14N4/c15-11-6-2-1-5-10(11)13-9-14(18-17-13)12-7-3-4-8-16-12/h1-8,13,17H,9,15H2. The lowest BCUT2D eigenvalue weighted by Crippen LogP contribution is -2.12. The Bertz CT molecular complexity index is 577. The van der Waals surface area contributed by atoms with Crippen molar-refractivity contribution < 1.29 is 0 Å². The first-order valence-electron chi connectivity index (χ1n) is 5.92. The minimum Gasteiger partial charge on any atom is -0.398 e. The summed E-state index contributed by atoms with van der Waals surface area (Å²) in [7, 11) is 0. The second-order valence-electron chi connectivity index (χ2n) is 4.29. The molecule has 0 aliphatic carbocycles. The van der Waals surface area contributed by atoms with Crippen LogP contribution in [0.1, 0.15) is 23.7 Å². The highest BCUT2D eigenvalue weighted by molar-refractivity contribution is 6.00. The highest BCUT2D eigenvalue weighted by atomic mass is 15.3. The van der Waals surface area contributed by atoms with E-state index in [1.54, 1.807) is 6.20 Å². The Balaban J connectivity index is 1.81.